The minimum atomic E-state index is 0.825. The maximum Gasteiger partial charge on any atom is 0.145 e. The van der Waals surface area contributed by atoms with E-state index >= 15 is 0 Å². The Bertz CT molecular complexity index is 374. The summed E-state index contributed by atoms with van der Waals surface area (Å²) >= 11 is 1.50. The molecule has 0 amide bonds. The van der Waals surface area contributed by atoms with Crippen LogP contribution >= 0.6 is 11.3 Å². The molecule has 1 aromatic heterocycles. The second-order valence-electron chi connectivity index (χ2n) is 1.69. The molecule has 0 saturated carbocycles. The summed E-state index contributed by atoms with van der Waals surface area (Å²) in [6.45, 7) is 0. The molecule has 4 heteroatoms. The fourth-order valence-corrected chi connectivity index (χ4v) is 1.26. The van der Waals surface area contributed by atoms with Crippen molar-refractivity contribution < 1.29 is 0 Å². The number of thiazole rings is 1. The Labute approximate surface area is 60.8 Å². The summed E-state index contributed by atoms with van der Waals surface area (Å²) in [4.78, 5) is 11.9. The van der Waals surface area contributed by atoms with Crippen molar-refractivity contribution in [3.8, 4) is 0 Å². The molecule has 0 atom stereocenters. The predicted octanol–water partition coefficient (Wildman–Crippen LogP) is -0.302. The summed E-state index contributed by atoms with van der Waals surface area (Å²) in [6, 6.07) is 0. The minimum absolute atomic E-state index is 0.825. The van der Waals surface area contributed by atoms with Crippen molar-refractivity contribution in [1.29, 1.82) is 0 Å². The summed E-state index contributed by atoms with van der Waals surface area (Å²) in [5, 5.41) is 0.825. The van der Waals surface area contributed by atoms with Crippen LogP contribution in [0.2, 0.25) is 0 Å². The summed E-state index contributed by atoms with van der Waals surface area (Å²) < 4.78 is 0.897. The number of fused-ring (bicyclic) bond motifs is 1. The molecule has 2 heterocycles. The van der Waals surface area contributed by atoms with Crippen LogP contribution in [-0.2, 0) is 0 Å². The molecule has 0 spiro atoms. The first-order valence-electron chi connectivity index (χ1n) is 2.71. The second-order valence-corrected chi connectivity index (χ2v) is 2.52. The van der Waals surface area contributed by atoms with Crippen LogP contribution < -0.4 is 10.0 Å². The Morgan fingerprint density at radius 3 is 3.50 bits per heavy atom. The first kappa shape index (κ1) is 5.53. The molecule has 1 aromatic rings. The zero-order valence-corrected chi connectivity index (χ0v) is 5.80. The summed E-state index contributed by atoms with van der Waals surface area (Å²) in [5.74, 6) is 2.62. The van der Waals surface area contributed by atoms with Gasteiger partial charge in [-0.3, -0.25) is 0 Å². The molecule has 1 aliphatic heterocycles. The van der Waals surface area contributed by atoms with Crippen molar-refractivity contribution in [2.75, 3.05) is 0 Å². The van der Waals surface area contributed by atoms with Crippen molar-refractivity contribution in [1.82, 2.24) is 4.98 Å². The normalized spacial score (nSPS) is 13.2. The lowest BCUT2D eigenvalue weighted by Gasteiger charge is -1.66. The lowest BCUT2D eigenvalue weighted by Crippen LogP contribution is -2.19. The van der Waals surface area contributed by atoms with Crippen LogP contribution in [0.5, 0.6) is 0 Å². The van der Waals surface area contributed by atoms with Gasteiger partial charge < -0.3 is 0 Å². The van der Waals surface area contributed by atoms with Gasteiger partial charge in [0.1, 0.15) is 10.0 Å². The van der Waals surface area contributed by atoms with E-state index in [2.05, 4.69) is 20.8 Å². The van der Waals surface area contributed by atoms with Crippen LogP contribution in [0.4, 0.5) is 0 Å². The van der Waals surface area contributed by atoms with Gasteiger partial charge in [0.25, 0.3) is 0 Å². The number of rotatable bonds is 0. The molecule has 0 N–H and O–H groups in total. The fourth-order valence-electron chi connectivity index (χ4n) is 0.653. The van der Waals surface area contributed by atoms with Gasteiger partial charge in [0.2, 0.25) is 0 Å². The van der Waals surface area contributed by atoms with Crippen molar-refractivity contribution in [3.63, 3.8) is 0 Å². The lowest BCUT2D eigenvalue weighted by atomic mass is 10.7. The molecule has 2 rings (SSSR count). The Morgan fingerprint density at radius 1 is 1.50 bits per heavy atom. The number of nitrogens with zero attached hydrogens (tertiary/aromatic N) is 3. The van der Waals surface area contributed by atoms with Crippen LogP contribution in [0.3, 0.4) is 0 Å². The molecule has 3 nitrogen and oxygen atoms in total. The number of aromatic nitrogens is 1. The smallest absolute Gasteiger partial charge is 0.145 e. The first-order chi connectivity index (χ1) is 4.97. The maximum absolute atomic E-state index is 4.04. The van der Waals surface area contributed by atoms with E-state index in [9.17, 15) is 0 Å². The van der Waals surface area contributed by atoms with E-state index in [1.807, 2.05) is 0 Å². The van der Waals surface area contributed by atoms with Gasteiger partial charge in [-0.05, 0) is 0 Å². The monoisotopic (exact) mass is 149 g/mol. The molecule has 0 fully saturated rings. The van der Waals surface area contributed by atoms with Crippen LogP contribution in [-0.4, -0.2) is 10.9 Å². The summed E-state index contributed by atoms with van der Waals surface area (Å²) in [6.07, 6.45) is 3.19. The number of hydrogen-bond donors (Lipinski definition) is 0. The Hall–Kier alpha value is -1.25. The van der Waals surface area contributed by atoms with Crippen LogP contribution in [0.15, 0.2) is 21.7 Å². The second kappa shape index (κ2) is 2.17. The standard InChI is InChI=1S/C6H3N3S/c1-2-8-6-5(3-7-1)9-4-10-6/h2-4H. The molecule has 10 heavy (non-hydrogen) atoms. The van der Waals surface area contributed by atoms with Gasteiger partial charge in [0.15, 0.2) is 0 Å². The highest BCUT2D eigenvalue weighted by Crippen LogP contribution is 1.78. The van der Waals surface area contributed by atoms with Gasteiger partial charge in [0, 0.05) is 5.87 Å². The Balaban J connectivity index is 2.94. The predicted molar refractivity (Wildman–Crippen MR) is 39.4 cm³/mol. The van der Waals surface area contributed by atoms with E-state index < -0.39 is 0 Å². The van der Waals surface area contributed by atoms with E-state index in [-0.39, 0.29) is 0 Å². The molecule has 0 saturated heterocycles. The topological polar surface area (TPSA) is 37.6 Å². The summed E-state index contributed by atoms with van der Waals surface area (Å²) in [5.41, 5.74) is 1.75. The van der Waals surface area contributed by atoms with E-state index in [4.69, 9.17) is 0 Å². The van der Waals surface area contributed by atoms with E-state index in [0.717, 1.165) is 10.0 Å². The van der Waals surface area contributed by atoms with E-state index in [1.165, 1.54) is 11.3 Å². The van der Waals surface area contributed by atoms with Crippen LogP contribution in [0, 0.1) is 0 Å². The SMILES string of the molecule is C1=CN=c2scnc2=CN=1. The van der Waals surface area contributed by atoms with E-state index in [1.54, 1.807) is 17.9 Å². The lowest BCUT2D eigenvalue weighted by molar-refractivity contribution is 1.26. The van der Waals surface area contributed by atoms with Crippen LogP contribution in [0.25, 0.3) is 6.20 Å². The third-order valence-corrected chi connectivity index (χ3v) is 1.82. The zero-order valence-electron chi connectivity index (χ0n) is 4.98. The van der Waals surface area contributed by atoms with Crippen LogP contribution in [0.1, 0.15) is 0 Å². The molecular formula is C6H3N3S. The molecule has 48 valence electrons. The minimum Gasteiger partial charge on any atom is -0.241 e. The van der Waals surface area contributed by atoms with Gasteiger partial charge in [0.05, 0.1) is 17.9 Å². The molecule has 1 aliphatic rings. The third kappa shape index (κ3) is 0.795. The largest absolute Gasteiger partial charge is 0.241 e. The third-order valence-electron chi connectivity index (χ3n) is 1.08. The number of hydrogen-bond acceptors (Lipinski definition) is 4. The maximum atomic E-state index is 4.04. The van der Waals surface area contributed by atoms with Gasteiger partial charge >= 0.3 is 0 Å². The Kier molecular flexibility index (Phi) is 1.20. The fraction of sp³-hybridized carbons (Fsp3) is 0. The van der Waals surface area contributed by atoms with Gasteiger partial charge in [-0.25, -0.2) is 15.0 Å². The van der Waals surface area contributed by atoms with Crippen molar-refractivity contribution in [2.45, 2.75) is 0 Å². The number of aliphatic imine (C=N–C) groups is 1. The molecular weight excluding hydrogens is 146 g/mol. The average Bonchev–Trinajstić information content (AvgIpc) is 2.28. The molecule has 0 radical (unpaired) electrons. The molecule has 0 aliphatic carbocycles. The van der Waals surface area contributed by atoms with Gasteiger partial charge in [-0.2, -0.15) is 0 Å². The van der Waals surface area contributed by atoms with E-state index in [0.29, 0.717) is 0 Å². The Morgan fingerprint density at radius 2 is 2.50 bits per heavy atom. The highest BCUT2D eigenvalue weighted by atomic mass is 32.1. The summed E-state index contributed by atoms with van der Waals surface area (Å²) in [7, 11) is 0. The zero-order chi connectivity index (χ0) is 6.81. The quantitative estimate of drug-likeness (QED) is 0.499. The molecule has 0 unspecified atom stereocenters. The molecule has 0 aromatic carbocycles. The van der Waals surface area contributed by atoms with Crippen molar-refractivity contribution >= 4 is 23.4 Å². The highest BCUT2D eigenvalue weighted by molar-refractivity contribution is 7.07. The first-order valence-corrected chi connectivity index (χ1v) is 3.59. The van der Waals surface area contributed by atoms with Crippen molar-refractivity contribution in [2.24, 2.45) is 9.98 Å². The van der Waals surface area contributed by atoms with Gasteiger partial charge in [-0.1, -0.05) is 0 Å². The average molecular weight is 149 g/mol. The highest BCUT2D eigenvalue weighted by Gasteiger charge is 1.88. The van der Waals surface area contributed by atoms with Gasteiger partial charge in [-0.15, -0.1) is 11.3 Å². The molecule has 0 bridgehead atoms. The van der Waals surface area contributed by atoms with Crippen molar-refractivity contribution in [3.05, 3.63) is 21.7 Å².